The second kappa shape index (κ2) is 19.2. The zero-order valence-corrected chi connectivity index (χ0v) is 41.9. The third kappa shape index (κ3) is 8.27. The fourth-order valence-corrected chi connectivity index (χ4v) is 10.8. The number of aromatic nitrogens is 3. The van der Waals surface area contributed by atoms with Crippen LogP contribution in [0.25, 0.3) is 133 Å². The van der Waals surface area contributed by atoms with Gasteiger partial charge in [-0.2, -0.15) is 39.5 Å². The molecule has 6 heterocycles. The molecule has 0 amide bonds. The van der Waals surface area contributed by atoms with E-state index in [2.05, 4.69) is 15.0 Å². The summed E-state index contributed by atoms with van der Waals surface area (Å²) in [6.07, 6.45) is -14.2. The molecule has 0 saturated carbocycles. The standard InChI is InChI=1S/C60H18F21N3O3/c61-37-31(38(62)44(68)34(43(37)67)58(73,74)75)25-4-1-7-28-49-55(85-52(25)28)22(10-13-82-49)19-16-20(23-11-14-83-50-29-8-2-5-26(53(29)86-56(23)50)32-39(63)45(69)35(59(76,77)78)46(70)40(32)64)18-21(17-19)24-12-15-84-51-30-9-3-6-27(54(30)87-57(24)51)33-41(65)47(71)36(60(79,80)81)48(72)42(33)66/h1-18H. The first-order valence-electron chi connectivity index (χ1n) is 24.5. The highest BCUT2D eigenvalue weighted by Crippen LogP contribution is 2.50. The third-order valence-corrected chi connectivity index (χ3v) is 14.5. The lowest BCUT2D eigenvalue weighted by atomic mass is 9.93. The van der Waals surface area contributed by atoms with Crippen molar-refractivity contribution >= 4 is 66.2 Å². The van der Waals surface area contributed by atoms with Crippen LogP contribution in [0.1, 0.15) is 16.7 Å². The molecule has 0 bridgehead atoms. The van der Waals surface area contributed by atoms with E-state index >= 15 is 52.7 Å². The SMILES string of the molecule is Fc1c(F)c(C(F)(F)F)c(F)c(F)c1-c1cccc2c1oc1c(-c3cc(-c4ccnc5c4oc4c(-c6c(F)c(F)c(C(F)(F)F)c(F)c6F)cccc45)cc(-c4ccnc5c4oc4c(-c6c(F)c(F)c(C(F)(F)F)c(F)c6F)cccc45)c3)ccnc12. The van der Waals surface area contributed by atoms with Crippen molar-refractivity contribution < 1.29 is 105 Å². The van der Waals surface area contributed by atoms with Gasteiger partial charge in [0, 0.05) is 68.1 Å². The Hall–Kier alpha value is -10.1. The van der Waals surface area contributed by atoms with Crippen LogP contribution in [-0.4, -0.2) is 15.0 Å². The van der Waals surface area contributed by atoms with Gasteiger partial charge in [-0.25, -0.2) is 52.7 Å². The van der Waals surface area contributed by atoms with Crippen molar-refractivity contribution in [2.45, 2.75) is 18.5 Å². The number of hydrogen-bond acceptors (Lipinski definition) is 6. The fraction of sp³-hybridized carbons (Fsp3) is 0.0500. The van der Waals surface area contributed by atoms with Crippen LogP contribution < -0.4 is 0 Å². The molecule has 0 aliphatic heterocycles. The number of alkyl halides is 9. The van der Waals surface area contributed by atoms with Gasteiger partial charge in [0.1, 0.15) is 50.0 Å². The summed E-state index contributed by atoms with van der Waals surface area (Å²) in [6.45, 7) is 0. The van der Waals surface area contributed by atoms with Gasteiger partial charge in [-0.1, -0.05) is 36.4 Å². The van der Waals surface area contributed by atoms with E-state index in [4.69, 9.17) is 13.3 Å². The lowest BCUT2D eigenvalue weighted by Crippen LogP contribution is -2.16. The van der Waals surface area contributed by atoms with Crippen LogP contribution in [-0.2, 0) is 18.5 Å². The van der Waals surface area contributed by atoms with Gasteiger partial charge < -0.3 is 13.3 Å². The molecule has 7 aromatic carbocycles. The highest BCUT2D eigenvalue weighted by molar-refractivity contribution is 6.15. The van der Waals surface area contributed by atoms with Crippen molar-refractivity contribution in [3.05, 3.63) is 196 Å². The molecular formula is C60H18F21N3O3. The number of rotatable bonds is 6. The third-order valence-electron chi connectivity index (χ3n) is 14.5. The van der Waals surface area contributed by atoms with Gasteiger partial charge in [-0.05, 0) is 71.3 Å². The minimum Gasteiger partial charge on any atom is -0.453 e. The summed E-state index contributed by atoms with van der Waals surface area (Å²) >= 11 is 0. The highest BCUT2D eigenvalue weighted by atomic mass is 19.4. The molecule has 0 N–H and O–H groups in total. The number of furan rings is 3. The Balaban J connectivity index is 1.07. The van der Waals surface area contributed by atoms with E-state index in [1.165, 1.54) is 73.2 Å². The Kier molecular flexibility index (Phi) is 12.4. The van der Waals surface area contributed by atoms with Gasteiger partial charge in [0.05, 0.1) is 16.7 Å². The normalized spacial score (nSPS) is 12.7. The summed E-state index contributed by atoms with van der Waals surface area (Å²) in [6, 6.07) is 17.8. The number of pyridine rings is 3. The van der Waals surface area contributed by atoms with Crippen LogP contribution in [0.4, 0.5) is 92.2 Å². The zero-order chi connectivity index (χ0) is 62.0. The van der Waals surface area contributed by atoms with Gasteiger partial charge in [0.25, 0.3) is 0 Å². The monoisotopic (exact) mass is 1230 g/mol. The molecule has 87 heavy (non-hydrogen) atoms. The lowest BCUT2D eigenvalue weighted by Gasteiger charge is -2.14. The maximum atomic E-state index is 15.7. The lowest BCUT2D eigenvalue weighted by molar-refractivity contribution is -0.144. The molecule has 6 nitrogen and oxygen atoms in total. The molecule has 0 aliphatic carbocycles. The maximum Gasteiger partial charge on any atom is 0.422 e. The van der Waals surface area contributed by atoms with Gasteiger partial charge in [0.2, 0.25) is 0 Å². The second-order valence-corrected chi connectivity index (χ2v) is 19.3. The van der Waals surface area contributed by atoms with Crippen LogP contribution in [0.5, 0.6) is 0 Å². The minimum atomic E-state index is -5.90. The molecule has 0 aliphatic rings. The van der Waals surface area contributed by atoms with Crippen molar-refractivity contribution in [3.8, 4) is 66.8 Å². The van der Waals surface area contributed by atoms with Crippen LogP contribution >= 0.6 is 0 Å². The predicted molar refractivity (Wildman–Crippen MR) is 269 cm³/mol. The Morgan fingerprint density at radius 2 is 0.494 bits per heavy atom. The minimum absolute atomic E-state index is 0.0164. The van der Waals surface area contributed by atoms with E-state index in [1.54, 1.807) is 0 Å². The number of hydrogen-bond donors (Lipinski definition) is 0. The summed E-state index contributed by atoms with van der Waals surface area (Å²) < 4.78 is 326. The second-order valence-electron chi connectivity index (χ2n) is 19.3. The topological polar surface area (TPSA) is 78.1 Å². The summed E-state index contributed by atoms with van der Waals surface area (Å²) in [7, 11) is 0. The first-order chi connectivity index (χ1) is 41.1. The van der Waals surface area contributed by atoms with Crippen molar-refractivity contribution in [1.82, 2.24) is 15.0 Å². The highest BCUT2D eigenvalue weighted by Gasteiger charge is 2.46. The van der Waals surface area contributed by atoms with Crippen LogP contribution in [0.2, 0.25) is 0 Å². The summed E-state index contributed by atoms with van der Waals surface area (Å²) in [5.41, 5.74) is -18.9. The number of halogens is 21. The molecule has 0 unspecified atom stereocenters. The average Bonchev–Trinajstić information content (AvgIpc) is 1.76. The van der Waals surface area contributed by atoms with Gasteiger partial charge in [0.15, 0.2) is 86.6 Å². The van der Waals surface area contributed by atoms with Crippen LogP contribution in [0, 0.1) is 69.8 Å². The molecule has 438 valence electrons. The van der Waals surface area contributed by atoms with Gasteiger partial charge in [-0.15, -0.1) is 0 Å². The van der Waals surface area contributed by atoms with E-state index in [0.29, 0.717) is 0 Å². The Morgan fingerprint density at radius 3 is 0.713 bits per heavy atom. The van der Waals surface area contributed by atoms with E-state index < -0.39 is 155 Å². The quantitative estimate of drug-likeness (QED) is 0.122. The molecule has 27 heteroatoms. The fourth-order valence-electron chi connectivity index (χ4n) is 10.8. The number of benzene rings is 7. The predicted octanol–water partition coefficient (Wildman–Crippen LogP) is 20.3. The number of para-hydroxylation sites is 3. The molecule has 0 saturated heterocycles. The maximum absolute atomic E-state index is 15.7. The molecule has 13 aromatic rings. The summed E-state index contributed by atoms with van der Waals surface area (Å²) in [5.74, 6) is -31.4. The van der Waals surface area contributed by atoms with Crippen molar-refractivity contribution in [3.63, 3.8) is 0 Å². The molecule has 0 fully saturated rings. The Bertz CT molecular complexity index is 4570. The summed E-state index contributed by atoms with van der Waals surface area (Å²) in [5, 5.41) is -0.404. The molecule has 0 atom stereocenters. The van der Waals surface area contributed by atoms with Crippen molar-refractivity contribution in [1.29, 1.82) is 0 Å². The van der Waals surface area contributed by atoms with Crippen molar-refractivity contribution in [2.24, 2.45) is 0 Å². The summed E-state index contributed by atoms with van der Waals surface area (Å²) in [4.78, 5) is 13.0. The van der Waals surface area contributed by atoms with Gasteiger partial charge in [-0.3, -0.25) is 15.0 Å². The van der Waals surface area contributed by atoms with E-state index in [-0.39, 0.29) is 82.8 Å². The largest absolute Gasteiger partial charge is 0.453 e. The first-order valence-corrected chi connectivity index (χ1v) is 24.5. The zero-order valence-electron chi connectivity index (χ0n) is 41.9. The first kappa shape index (κ1) is 56.1. The van der Waals surface area contributed by atoms with Crippen molar-refractivity contribution in [2.75, 3.05) is 0 Å². The molecule has 0 radical (unpaired) electrons. The van der Waals surface area contributed by atoms with E-state index in [1.807, 2.05) is 0 Å². The molecule has 6 aromatic heterocycles. The molecule has 13 rings (SSSR count). The van der Waals surface area contributed by atoms with E-state index in [9.17, 15) is 39.5 Å². The number of fused-ring (bicyclic) bond motifs is 9. The van der Waals surface area contributed by atoms with E-state index in [0.717, 1.165) is 36.4 Å². The molecular weight excluding hydrogens is 1210 g/mol. The van der Waals surface area contributed by atoms with Crippen LogP contribution in [0.3, 0.4) is 0 Å². The Morgan fingerprint density at radius 1 is 0.264 bits per heavy atom. The smallest absolute Gasteiger partial charge is 0.422 e. The average molecular weight is 1230 g/mol. The van der Waals surface area contributed by atoms with Crippen LogP contribution in [0.15, 0.2) is 123 Å². The van der Waals surface area contributed by atoms with Gasteiger partial charge >= 0.3 is 18.5 Å². The number of nitrogens with zero attached hydrogens (tertiary/aromatic N) is 3. The molecule has 0 spiro atoms. The Labute approximate surface area is 466 Å².